The van der Waals surface area contributed by atoms with E-state index in [9.17, 15) is 13.2 Å². The van der Waals surface area contributed by atoms with E-state index in [4.69, 9.17) is 26.2 Å². The summed E-state index contributed by atoms with van der Waals surface area (Å²) in [5.41, 5.74) is 0.507. The van der Waals surface area contributed by atoms with E-state index >= 15 is 0 Å². The second-order valence-corrected chi connectivity index (χ2v) is 7.93. The molecular formula is C17H17ClN2O6S. The summed E-state index contributed by atoms with van der Waals surface area (Å²) in [6.07, 6.45) is 0. The van der Waals surface area contributed by atoms with E-state index in [-0.39, 0.29) is 26.9 Å². The molecule has 1 heterocycles. The normalized spacial score (nSPS) is 13.5. The quantitative estimate of drug-likeness (QED) is 0.777. The van der Waals surface area contributed by atoms with Crippen molar-refractivity contribution in [2.45, 2.75) is 4.90 Å². The molecule has 1 aliphatic rings. The molecular weight excluding hydrogens is 396 g/mol. The molecule has 3 rings (SSSR count). The van der Waals surface area contributed by atoms with Crippen molar-refractivity contribution in [1.29, 1.82) is 0 Å². The first-order chi connectivity index (χ1) is 12.7. The second-order valence-electron chi connectivity index (χ2n) is 5.84. The van der Waals surface area contributed by atoms with Crippen LogP contribution in [0, 0.1) is 0 Å². The highest BCUT2D eigenvalue weighted by Crippen LogP contribution is 2.35. The second kappa shape index (κ2) is 7.16. The maximum atomic E-state index is 12.8. The van der Waals surface area contributed by atoms with Crippen molar-refractivity contribution in [1.82, 2.24) is 0 Å². The minimum atomic E-state index is -3.97. The molecule has 0 atom stereocenters. The largest absolute Gasteiger partial charge is 0.496 e. The first-order valence-electron chi connectivity index (χ1n) is 7.84. The summed E-state index contributed by atoms with van der Waals surface area (Å²) in [4.78, 5) is 13.1. The maximum absolute atomic E-state index is 12.8. The van der Waals surface area contributed by atoms with Gasteiger partial charge in [-0.2, -0.15) is 0 Å². The fraction of sp³-hybridized carbons (Fsp3) is 0.235. The highest BCUT2D eigenvalue weighted by molar-refractivity contribution is 7.92. The lowest BCUT2D eigenvalue weighted by Crippen LogP contribution is -2.29. The first-order valence-corrected chi connectivity index (χ1v) is 9.70. The van der Waals surface area contributed by atoms with Gasteiger partial charge in [0.1, 0.15) is 23.7 Å². The van der Waals surface area contributed by atoms with Crippen LogP contribution >= 0.6 is 11.6 Å². The van der Waals surface area contributed by atoms with Gasteiger partial charge in [-0.1, -0.05) is 11.6 Å². The number of benzene rings is 2. The highest BCUT2D eigenvalue weighted by Gasteiger charge is 2.23. The monoisotopic (exact) mass is 412 g/mol. The predicted octanol–water partition coefficient (Wildman–Crippen LogP) is 2.68. The Morgan fingerprint density at radius 1 is 1.33 bits per heavy atom. The number of halogens is 1. The number of nitrogens with one attached hydrogen (secondary N) is 1. The Hall–Kier alpha value is -2.65. The van der Waals surface area contributed by atoms with Crippen molar-refractivity contribution >= 4 is 39.0 Å². The number of aromatic carboxylic acids is 1. The molecule has 0 unspecified atom stereocenters. The molecule has 0 fully saturated rings. The number of methoxy groups -OCH3 is 1. The summed E-state index contributed by atoms with van der Waals surface area (Å²) in [7, 11) is -0.841. The molecule has 0 spiro atoms. The van der Waals surface area contributed by atoms with Crippen molar-refractivity contribution in [3.8, 4) is 11.5 Å². The van der Waals surface area contributed by atoms with Crippen LogP contribution in [0.4, 0.5) is 11.4 Å². The van der Waals surface area contributed by atoms with Gasteiger partial charge in [0.25, 0.3) is 10.0 Å². The van der Waals surface area contributed by atoms with Crippen LogP contribution in [0.3, 0.4) is 0 Å². The zero-order chi connectivity index (χ0) is 19.8. The fourth-order valence-electron chi connectivity index (χ4n) is 2.67. The smallest absolute Gasteiger partial charge is 0.339 e. The number of nitrogens with zero attached hydrogens (tertiary/aromatic N) is 1. The number of hydrogen-bond acceptors (Lipinski definition) is 6. The van der Waals surface area contributed by atoms with Gasteiger partial charge < -0.3 is 19.5 Å². The van der Waals surface area contributed by atoms with Crippen molar-refractivity contribution in [3.05, 3.63) is 40.9 Å². The van der Waals surface area contributed by atoms with Gasteiger partial charge in [-0.15, -0.1) is 0 Å². The van der Waals surface area contributed by atoms with Crippen molar-refractivity contribution < 1.29 is 27.8 Å². The number of sulfonamides is 1. The minimum absolute atomic E-state index is 0.0109. The molecule has 0 radical (unpaired) electrons. The third kappa shape index (κ3) is 3.74. The Morgan fingerprint density at radius 3 is 2.74 bits per heavy atom. The summed E-state index contributed by atoms with van der Waals surface area (Å²) < 4.78 is 38.5. The van der Waals surface area contributed by atoms with Gasteiger partial charge in [0.05, 0.1) is 34.9 Å². The molecule has 10 heteroatoms. The number of carboxylic acid groups (broad SMARTS) is 1. The Labute approximate surface area is 161 Å². The van der Waals surface area contributed by atoms with Gasteiger partial charge in [0, 0.05) is 13.1 Å². The zero-order valence-electron chi connectivity index (χ0n) is 14.5. The maximum Gasteiger partial charge on any atom is 0.339 e. The van der Waals surface area contributed by atoms with Gasteiger partial charge in [-0.05, 0) is 24.3 Å². The standard InChI is InChI=1S/C17H17ClN2O6S/c1-20-5-6-26-15-4-3-10(7-14(15)20)27(23,24)19-13-9-16(25-2)11(17(21)22)8-12(13)18/h3-4,7-9,19H,5-6H2,1-2H3,(H,21,22). The Bertz CT molecular complexity index is 1010. The molecule has 2 aromatic rings. The number of carboxylic acids is 1. The van der Waals surface area contributed by atoms with E-state index in [0.717, 1.165) is 6.07 Å². The van der Waals surface area contributed by atoms with Gasteiger partial charge in [0.2, 0.25) is 0 Å². The zero-order valence-corrected chi connectivity index (χ0v) is 16.1. The number of fused-ring (bicyclic) bond motifs is 1. The van der Waals surface area contributed by atoms with Gasteiger partial charge >= 0.3 is 5.97 Å². The SMILES string of the molecule is COc1cc(NS(=O)(=O)c2ccc3c(c2)N(C)CCO3)c(Cl)cc1C(=O)O. The molecule has 0 aromatic heterocycles. The molecule has 144 valence electrons. The molecule has 2 N–H and O–H groups in total. The minimum Gasteiger partial charge on any atom is -0.496 e. The average Bonchev–Trinajstić information content (AvgIpc) is 2.62. The molecule has 2 aromatic carbocycles. The van der Waals surface area contributed by atoms with Crippen LogP contribution in [0.5, 0.6) is 11.5 Å². The number of ether oxygens (including phenoxy) is 2. The van der Waals surface area contributed by atoms with Crippen LogP contribution in [-0.2, 0) is 10.0 Å². The summed E-state index contributed by atoms with van der Waals surface area (Å²) in [5, 5.41) is 9.11. The number of anilines is 2. The van der Waals surface area contributed by atoms with E-state index < -0.39 is 16.0 Å². The lowest BCUT2D eigenvalue weighted by atomic mass is 10.2. The van der Waals surface area contributed by atoms with Crippen molar-refractivity contribution in [2.75, 3.05) is 36.9 Å². The number of rotatable bonds is 5. The van der Waals surface area contributed by atoms with Crippen molar-refractivity contribution in [3.63, 3.8) is 0 Å². The molecule has 0 saturated heterocycles. The van der Waals surface area contributed by atoms with Gasteiger partial charge in [-0.3, -0.25) is 4.72 Å². The average molecular weight is 413 g/mol. The molecule has 1 aliphatic heterocycles. The molecule has 0 amide bonds. The lowest BCUT2D eigenvalue weighted by Gasteiger charge is -2.28. The molecule has 0 aliphatic carbocycles. The van der Waals surface area contributed by atoms with Gasteiger partial charge in [-0.25, -0.2) is 13.2 Å². The van der Waals surface area contributed by atoms with Crippen LogP contribution in [0.1, 0.15) is 10.4 Å². The highest BCUT2D eigenvalue weighted by atomic mass is 35.5. The number of likely N-dealkylation sites (N-methyl/N-ethyl adjacent to an activating group) is 1. The van der Waals surface area contributed by atoms with E-state index in [1.54, 1.807) is 6.07 Å². The van der Waals surface area contributed by atoms with E-state index in [2.05, 4.69) is 4.72 Å². The van der Waals surface area contributed by atoms with E-state index in [1.165, 1.54) is 25.3 Å². The van der Waals surface area contributed by atoms with Crippen LogP contribution in [-0.4, -0.2) is 46.8 Å². The lowest BCUT2D eigenvalue weighted by molar-refractivity contribution is 0.0693. The van der Waals surface area contributed by atoms with E-state index in [0.29, 0.717) is 24.6 Å². The summed E-state index contributed by atoms with van der Waals surface area (Å²) in [5.74, 6) is -0.641. The Morgan fingerprint density at radius 2 is 2.07 bits per heavy atom. The van der Waals surface area contributed by atoms with Gasteiger partial charge in [0.15, 0.2) is 0 Å². The van der Waals surface area contributed by atoms with Crippen LogP contribution < -0.4 is 19.1 Å². The van der Waals surface area contributed by atoms with Crippen molar-refractivity contribution in [2.24, 2.45) is 0 Å². The Balaban J connectivity index is 1.98. The third-order valence-corrected chi connectivity index (χ3v) is 5.78. The number of carbonyl (C=O) groups is 1. The van der Waals surface area contributed by atoms with Crippen LogP contribution in [0.2, 0.25) is 5.02 Å². The van der Waals surface area contributed by atoms with Crippen LogP contribution in [0.25, 0.3) is 0 Å². The summed E-state index contributed by atoms with van der Waals surface area (Å²) in [6, 6.07) is 6.89. The molecule has 27 heavy (non-hydrogen) atoms. The first kappa shape index (κ1) is 19.1. The van der Waals surface area contributed by atoms with Crippen LogP contribution in [0.15, 0.2) is 35.2 Å². The van der Waals surface area contributed by atoms with E-state index in [1.807, 2.05) is 11.9 Å². The Kier molecular flexibility index (Phi) is 5.07. The summed E-state index contributed by atoms with van der Waals surface area (Å²) in [6.45, 7) is 1.17. The molecule has 8 nitrogen and oxygen atoms in total. The third-order valence-electron chi connectivity index (χ3n) is 4.10. The number of hydrogen-bond donors (Lipinski definition) is 2. The molecule has 0 bridgehead atoms. The topological polar surface area (TPSA) is 105 Å². The fourth-order valence-corrected chi connectivity index (χ4v) is 4.03. The predicted molar refractivity (Wildman–Crippen MR) is 101 cm³/mol. The summed E-state index contributed by atoms with van der Waals surface area (Å²) >= 11 is 6.06. The molecule has 0 saturated carbocycles.